The van der Waals surface area contributed by atoms with Crippen molar-refractivity contribution in [1.29, 1.82) is 0 Å². The topological polar surface area (TPSA) is 94.0 Å². The quantitative estimate of drug-likeness (QED) is 0.728. The van der Waals surface area contributed by atoms with Crippen LogP contribution < -0.4 is 5.73 Å². The van der Waals surface area contributed by atoms with Gasteiger partial charge in [0, 0.05) is 6.61 Å². The number of hydrogen-bond acceptors (Lipinski definition) is 4. The number of rotatable bonds is 6. The molecule has 0 saturated carbocycles. The van der Waals surface area contributed by atoms with Crippen LogP contribution in [0.25, 0.3) is 0 Å². The van der Waals surface area contributed by atoms with E-state index >= 15 is 0 Å². The van der Waals surface area contributed by atoms with Crippen molar-refractivity contribution < 1.29 is 9.90 Å². The lowest BCUT2D eigenvalue weighted by Crippen LogP contribution is -2.17. The van der Waals surface area contributed by atoms with Gasteiger partial charge < -0.3 is 10.8 Å². The third kappa shape index (κ3) is 2.57. The van der Waals surface area contributed by atoms with Crippen LogP contribution in [0.15, 0.2) is 0 Å². The first-order chi connectivity index (χ1) is 7.61. The normalized spacial score (nSPS) is 12.7. The van der Waals surface area contributed by atoms with Gasteiger partial charge >= 0.3 is 0 Å². The lowest BCUT2D eigenvalue weighted by molar-refractivity contribution is 0.0994. The Morgan fingerprint density at radius 2 is 2.31 bits per heavy atom. The van der Waals surface area contributed by atoms with Crippen molar-refractivity contribution in [3.63, 3.8) is 0 Å². The Hall–Kier alpha value is -1.43. The zero-order valence-electron chi connectivity index (χ0n) is 9.68. The molecule has 6 nitrogen and oxygen atoms in total. The summed E-state index contributed by atoms with van der Waals surface area (Å²) in [4.78, 5) is 11.1. The average Bonchev–Trinajstić information content (AvgIpc) is 2.62. The second-order valence-electron chi connectivity index (χ2n) is 3.80. The molecule has 1 aromatic rings. The molecule has 0 bridgehead atoms. The minimum Gasteiger partial charge on any atom is -0.396 e. The molecule has 0 aliphatic heterocycles. The van der Waals surface area contributed by atoms with Crippen LogP contribution in [0.3, 0.4) is 0 Å². The maximum Gasteiger partial charge on any atom is 0.271 e. The van der Waals surface area contributed by atoms with Gasteiger partial charge in [0.15, 0.2) is 5.69 Å². The summed E-state index contributed by atoms with van der Waals surface area (Å²) in [5.41, 5.74) is 6.23. The standard InChI is InChI=1S/C10H18N4O2/c1-3-4-8-9(10(11)16)12-13-14(8)7(2)5-6-15/h7,15H,3-6H2,1-2H3,(H2,11,16). The third-order valence-corrected chi connectivity index (χ3v) is 2.48. The van der Waals surface area contributed by atoms with Gasteiger partial charge in [-0.2, -0.15) is 0 Å². The summed E-state index contributed by atoms with van der Waals surface area (Å²) in [6.45, 7) is 4.02. The predicted octanol–water partition coefficient (Wildman–Crippen LogP) is 0.273. The van der Waals surface area contributed by atoms with E-state index in [-0.39, 0.29) is 18.3 Å². The summed E-state index contributed by atoms with van der Waals surface area (Å²) >= 11 is 0. The van der Waals surface area contributed by atoms with E-state index < -0.39 is 5.91 Å². The Morgan fingerprint density at radius 1 is 1.62 bits per heavy atom. The van der Waals surface area contributed by atoms with Crippen molar-refractivity contribution in [2.75, 3.05) is 6.61 Å². The van der Waals surface area contributed by atoms with Crippen LogP contribution in [-0.4, -0.2) is 32.6 Å². The summed E-state index contributed by atoms with van der Waals surface area (Å²) in [6.07, 6.45) is 2.18. The molecular weight excluding hydrogens is 208 g/mol. The van der Waals surface area contributed by atoms with Crippen LogP contribution in [0.1, 0.15) is 48.9 Å². The van der Waals surface area contributed by atoms with Gasteiger partial charge in [-0.1, -0.05) is 18.6 Å². The zero-order valence-corrected chi connectivity index (χ0v) is 9.68. The van der Waals surface area contributed by atoms with Crippen molar-refractivity contribution in [2.45, 2.75) is 39.2 Å². The SMILES string of the molecule is CCCc1c(C(N)=O)nnn1C(C)CCO. The Bertz CT molecular complexity index is 362. The fourth-order valence-corrected chi connectivity index (χ4v) is 1.64. The van der Waals surface area contributed by atoms with Crippen molar-refractivity contribution in [1.82, 2.24) is 15.0 Å². The van der Waals surface area contributed by atoms with Crippen molar-refractivity contribution in [2.24, 2.45) is 5.73 Å². The summed E-state index contributed by atoms with van der Waals surface area (Å²) in [5.74, 6) is -0.550. The minimum absolute atomic E-state index is 0.0205. The van der Waals surface area contributed by atoms with Crippen molar-refractivity contribution in [3.05, 3.63) is 11.4 Å². The molecule has 16 heavy (non-hydrogen) atoms. The van der Waals surface area contributed by atoms with E-state index in [0.29, 0.717) is 12.8 Å². The number of carbonyl (C=O) groups excluding carboxylic acids is 1. The molecule has 0 aromatic carbocycles. The lowest BCUT2D eigenvalue weighted by atomic mass is 10.1. The van der Waals surface area contributed by atoms with E-state index in [1.54, 1.807) is 4.68 Å². The molecule has 1 rings (SSSR count). The smallest absolute Gasteiger partial charge is 0.271 e. The van der Waals surface area contributed by atoms with Crippen LogP contribution in [0.5, 0.6) is 0 Å². The highest BCUT2D eigenvalue weighted by Gasteiger charge is 2.19. The maximum absolute atomic E-state index is 11.1. The molecule has 0 aliphatic carbocycles. The second kappa shape index (κ2) is 5.60. The first-order valence-electron chi connectivity index (χ1n) is 5.46. The molecule has 0 radical (unpaired) electrons. The Morgan fingerprint density at radius 3 is 2.81 bits per heavy atom. The van der Waals surface area contributed by atoms with Crippen LogP contribution >= 0.6 is 0 Å². The van der Waals surface area contributed by atoms with Gasteiger partial charge in [-0.05, 0) is 19.8 Å². The number of aromatic nitrogens is 3. The van der Waals surface area contributed by atoms with Gasteiger partial charge in [0.2, 0.25) is 0 Å². The highest BCUT2D eigenvalue weighted by atomic mass is 16.3. The van der Waals surface area contributed by atoms with Gasteiger partial charge in [0.25, 0.3) is 5.91 Å². The maximum atomic E-state index is 11.1. The Labute approximate surface area is 94.4 Å². The molecule has 1 heterocycles. The minimum atomic E-state index is -0.550. The second-order valence-corrected chi connectivity index (χ2v) is 3.80. The third-order valence-electron chi connectivity index (χ3n) is 2.48. The number of aliphatic hydroxyl groups is 1. The van der Waals surface area contributed by atoms with Gasteiger partial charge in [-0.3, -0.25) is 4.79 Å². The molecule has 1 atom stereocenters. The highest BCUT2D eigenvalue weighted by Crippen LogP contribution is 2.16. The van der Waals surface area contributed by atoms with E-state index in [1.165, 1.54) is 0 Å². The Balaban J connectivity index is 3.04. The molecule has 90 valence electrons. The summed E-state index contributed by atoms with van der Waals surface area (Å²) in [6, 6.07) is 0.0205. The first-order valence-corrected chi connectivity index (χ1v) is 5.46. The monoisotopic (exact) mass is 226 g/mol. The van der Waals surface area contributed by atoms with Crippen LogP contribution in [-0.2, 0) is 6.42 Å². The van der Waals surface area contributed by atoms with Crippen molar-refractivity contribution in [3.8, 4) is 0 Å². The van der Waals surface area contributed by atoms with Crippen LogP contribution in [0, 0.1) is 0 Å². The molecule has 1 aromatic heterocycles. The van der Waals surface area contributed by atoms with E-state index in [4.69, 9.17) is 10.8 Å². The summed E-state index contributed by atoms with van der Waals surface area (Å²) in [5, 5.41) is 16.6. The molecule has 1 unspecified atom stereocenters. The van der Waals surface area contributed by atoms with E-state index in [0.717, 1.165) is 12.1 Å². The van der Waals surface area contributed by atoms with Gasteiger partial charge in [-0.25, -0.2) is 4.68 Å². The molecule has 0 aliphatic rings. The fourth-order valence-electron chi connectivity index (χ4n) is 1.64. The predicted molar refractivity (Wildman–Crippen MR) is 58.9 cm³/mol. The van der Waals surface area contributed by atoms with Gasteiger partial charge in [0.1, 0.15) is 0 Å². The number of amides is 1. The van der Waals surface area contributed by atoms with Crippen LogP contribution in [0.4, 0.5) is 0 Å². The number of nitrogens with two attached hydrogens (primary N) is 1. The van der Waals surface area contributed by atoms with E-state index in [2.05, 4.69) is 10.3 Å². The first kappa shape index (κ1) is 12.6. The summed E-state index contributed by atoms with van der Waals surface area (Å²) in [7, 11) is 0. The highest BCUT2D eigenvalue weighted by molar-refractivity contribution is 5.91. The number of carbonyl (C=O) groups is 1. The molecule has 6 heteroatoms. The van der Waals surface area contributed by atoms with E-state index in [1.807, 2.05) is 13.8 Å². The molecular formula is C10H18N4O2. The van der Waals surface area contributed by atoms with Gasteiger partial charge in [0.05, 0.1) is 11.7 Å². The molecule has 3 N–H and O–H groups in total. The molecule has 0 fully saturated rings. The van der Waals surface area contributed by atoms with Crippen LogP contribution in [0.2, 0.25) is 0 Å². The number of aliphatic hydroxyl groups excluding tert-OH is 1. The number of nitrogens with zero attached hydrogens (tertiary/aromatic N) is 3. The largest absolute Gasteiger partial charge is 0.396 e. The number of primary amides is 1. The average molecular weight is 226 g/mol. The lowest BCUT2D eigenvalue weighted by Gasteiger charge is -2.13. The fraction of sp³-hybridized carbons (Fsp3) is 0.700. The van der Waals surface area contributed by atoms with Gasteiger partial charge in [-0.15, -0.1) is 5.10 Å². The van der Waals surface area contributed by atoms with E-state index in [9.17, 15) is 4.79 Å². The summed E-state index contributed by atoms with van der Waals surface area (Å²) < 4.78 is 1.68. The molecule has 0 spiro atoms. The zero-order chi connectivity index (χ0) is 12.1. The molecule has 0 saturated heterocycles. The van der Waals surface area contributed by atoms with Crippen molar-refractivity contribution >= 4 is 5.91 Å². The molecule has 1 amide bonds. The Kier molecular flexibility index (Phi) is 4.42. The number of hydrogen-bond donors (Lipinski definition) is 2.